The minimum atomic E-state index is -1.49. The van der Waals surface area contributed by atoms with Gasteiger partial charge < -0.3 is 42.6 Å². The highest BCUT2D eigenvalue weighted by Crippen LogP contribution is 2.19. The number of nitrogens with one attached hydrogen (secondary N) is 4. The first-order valence-electron chi connectivity index (χ1n) is 12.8. The van der Waals surface area contributed by atoms with E-state index in [0.717, 1.165) is 10.9 Å². The zero-order valence-corrected chi connectivity index (χ0v) is 22.1. The number of rotatable bonds is 16. The molecule has 0 saturated carbocycles. The van der Waals surface area contributed by atoms with E-state index in [1.165, 1.54) is 0 Å². The fourth-order valence-electron chi connectivity index (χ4n) is 3.98. The van der Waals surface area contributed by atoms with Crippen LogP contribution in [-0.4, -0.2) is 75.6 Å². The SMILES string of the molecule is CC(C)C(N)C(=O)NC(CC(=O)O)C(=O)NC(CCCCN)C(=O)NC(Cc1c[nH]c2ccccc12)C(=O)O. The number of para-hydroxylation sites is 1. The van der Waals surface area contributed by atoms with Crippen LogP contribution in [0.2, 0.25) is 0 Å². The van der Waals surface area contributed by atoms with E-state index in [1.807, 2.05) is 24.3 Å². The maximum absolute atomic E-state index is 13.2. The van der Waals surface area contributed by atoms with Gasteiger partial charge in [0.15, 0.2) is 0 Å². The topological polar surface area (TPSA) is 230 Å². The van der Waals surface area contributed by atoms with E-state index in [9.17, 15) is 34.2 Å². The van der Waals surface area contributed by atoms with Crippen molar-refractivity contribution in [2.24, 2.45) is 17.4 Å². The molecule has 1 aromatic carbocycles. The van der Waals surface area contributed by atoms with Crippen LogP contribution in [0.5, 0.6) is 0 Å². The highest BCUT2D eigenvalue weighted by Gasteiger charge is 2.32. The van der Waals surface area contributed by atoms with E-state index >= 15 is 0 Å². The van der Waals surface area contributed by atoms with Crippen molar-refractivity contribution in [3.63, 3.8) is 0 Å². The van der Waals surface area contributed by atoms with Gasteiger partial charge in [-0.3, -0.25) is 19.2 Å². The van der Waals surface area contributed by atoms with Crippen LogP contribution in [0.1, 0.15) is 45.1 Å². The summed E-state index contributed by atoms with van der Waals surface area (Å²) in [4.78, 5) is 65.1. The Balaban J connectivity index is 2.20. The predicted octanol–water partition coefficient (Wildman–Crippen LogP) is -0.164. The third-order valence-electron chi connectivity index (χ3n) is 6.33. The summed E-state index contributed by atoms with van der Waals surface area (Å²) < 4.78 is 0. The van der Waals surface area contributed by atoms with Gasteiger partial charge in [-0.2, -0.15) is 0 Å². The van der Waals surface area contributed by atoms with Gasteiger partial charge in [0.05, 0.1) is 12.5 Å². The average Bonchev–Trinajstić information content (AvgIpc) is 3.29. The molecular weight excluding hydrogens is 508 g/mol. The maximum atomic E-state index is 13.2. The van der Waals surface area contributed by atoms with E-state index in [1.54, 1.807) is 20.0 Å². The van der Waals surface area contributed by atoms with Crippen LogP contribution < -0.4 is 27.4 Å². The molecule has 0 radical (unpaired) electrons. The second kappa shape index (κ2) is 14.8. The summed E-state index contributed by atoms with van der Waals surface area (Å²) in [6.07, 6.45) is 2.01. The highest BCUT2D eigenvalue weighted by atomic mass is 16.4. The molecule has 0 aliphatic heterocycles. The Hall–Kier alpha value is -3.97. The van der Waals surface area contributed by atoms with Crippen LogP contribution in [-0.2, 0) is 30.4 Å². The van der Waals surface area contributed by atoms with Gasteiger partial charge in [-0.15, -0.1) is 0 Å². The van der Waals surface area contributed by atoms with E-state index in [-0.39, 0.29) is 18.8 Å². The molecule has 4 atom stereocenters. The summed E-state index contributed by atoms with van der Waals surface area (Å²) in [5.74, 6) is -5.25. The smallest absolute Gasteiger partial charge is 0.326 e. The zero-order chi connectivity index (χ0) is 29.1. The number of fused-ring (bicyclic) bond motifs is 1. The van der Waals surface area contributed by atoms with Gasteiger partial charge in [0.1, 0.15) is 18.1 Å². The van der Waals surface area contributed by atoms with Crippen molar-refractivity contribution in [3.05, 3.63) is 36.0 Å². The Bertz CT molecular complexity index is 1160. The van der Waals surface area contributed by atoms with E-state index in [2.05, 4.69) is 20.9 Å². The lowest BCUT2D eigenvalue weighted by Crippen LogP contribution is -2.58. The molecule has 10 N–H and O–H groups in total. The molecule has 2 rings (SSSR count). The molecule has 13 heteroatoms. The fraction of sp³-hybridized carbons (Fsp3) is 0.500. The van der Waals surface area contributed by atoms with Crippen LogP contribution in [0.25, 0.3) is 10.9 Å². The van der Waals surface area contributed by atoms with Crippen molar-refractivity contribution in [2.45, 2.75) is 70.1 Å². The number of carbonyl (C=O) groups is 5. The van der Waals surface area contributed by atoms with Crippen LogP contribution >= 0.6 is 0 Å². The van der Waals surface area contributed by atoms with Crippen molar-refractivity contribution in [1.29, 1.82) is 0 Å². The van der Waals surface area contributed by atoms with Crippen molar-refractivity contribution in [1.82, 2.24) is 20.9 Å². The Morgan fingerprint density at radius 1 is 0.897 bits per heavy atom. The van der Waals surface area contributed by atoms with Gasteiger partial charge in [-0.1, -0.05) is 32.0 Å². The predicted molar refractivity (Wildman–Crippen MR) is 143 cm³/mol. The van der Waals surface area contributed by atoms with Gasteiger partial charge in [0, 0.05) is 23.5 Å². The number of aromatic amines is 1. The van der Waals surface area contributed by atoms with Crippen LogP contribution in [0, 0.1) is 5.92 Å². The molecule has 0 aliphatic carbocycles. The number of aliphatic carboxylic acids is 2. The van der Waals surface area contributed by atoms with Crippen molar-refractivity contribution < 1.29 is 34.2 Å². The molecule has 1 aromatic heterocycles. The third kappa shape index (κ3) is 9.37. The van der Waals surface area contributed by atoms with Crippen LogP contribution in [0.3, 0.4) is 0 Å². The maximum Gasteiger partial charge on any atom is 0.326 e. The Labute approximate surface area is 226 Å². The molecule has 2 aromatic rings. The summed E-state index contributed by atoms with van der Waals surface area (Å²) in [7, 11) is 0. The molecule has 214 valence electrons. The minimum absolute atomic E-state index is 0.0145. The zero-order valence-electron chi connectivity index (χ0n) is 22.1. The number of nitrogens with two attached hydrogens (primary N) is 2. The number of unbranched alkanes of at least 4 members (excludes halogenated alkanes) is 1. The first kappa shape index (κ1) is 31.2. The second-order valence-corrected chi connectivity index (χ2v) is 9.74. The van der Waals surface area contributed by atoms with Crippen LogP contribution in [0.15, 0.2) is 30.5 Å². The number of hydrogen-bond donors (Lipinski definition) is 8. The molecule has 0 fully saturated rings. The molecule has 13 nitrogen and oxygen atoms in total. The van der Waals surface area contributed by atoms with Gasteiger partial charge >= 0.3 is 11.9 Å². The third-order valence-corrected chi connectivity index (χ3v) is 6.33. The van der Waals surface area contributed by atoms with E-state index in [0.29, 0.717) is 24.9 Å². The number of carboxylic acids is 2. The van der Waals surface area contributed by atoms with E-state index in [4.69, 9.17) is 11.5 Å². The minimum Gasteiger partial charge on any atom is -0.481 e. The number of H-pyrrole nitrogens is 1. The number of hydrogen-bond acceptors (Lipinski definition) is 7. The first-order chi connectivity index (χ1) is 18.4. The van der Waals surface area contributed by atoms with Gasteiger partial charge in [0.2, 0.25) is 17.7 Å². The molecule has 0 bridgehead atoms. The summed E-state index contributed by atoms with van der Waals surface area (Å²) in [5.41, 5.74) is 12.9. The fourth-order valence-corrected chi connectivity index (χ4v) is 3.98. The molecule has 0 saturated heterocycles. The lowest BCUT2D eigenvalue weighted by atomic mass is 10.0. The highest BCUT2D eigenvalue weighted by molar-refractivity contribution is 5.95. The van der Waals surface area contributed by atoms with Gasteiger partial charge in [-0.05, 0) is 43.4 Å². The number of aromatic nitrogens is 1. The molecule has 0 aliphatic rings. The lowest BCUT2D eigenvalue weighted by Gasteiger charge is -2.25. The molecule has 39 heavy (non-hydrogen) atoms. The molecule has 0 spiro atoms. The summed E-state index contributed by atoms with van der Waals surface area (Å²) in [6, 6.07) is 2.37. The molecule has 4 unspecified atom stereocenters. The average molecular weight is 547 g/mol. The summed E-state index contributed by atoms with van der Waals surface area (Å²) in [6.45, 7) is 3.73. The van der Waals surface area contributed by atoms with Crippen LogP contribution in [0.4, 0.5) is 0 Å². The van der Waals surface area contributed by atoms with Gasteiger partial charge in [-0.25, -0.2) is 4.79 Å². The van der Waals surface area contributed by atoms with Gasteiger partial charge in [0.25, 0.3) is 0 Å². The number of benzene rings is 1. The quantitative estimate of drug-likeness (QED) is 0.131. The second-order valence-electron chi connectivity index (χ2n) is 9.74. The first-order valence-corrected chi connectivity index (χ1v) is 12.8. The normalized spacial score (nSPS) is 14.3. The number of carbonyl (C=O) groups excluding carboxylic acids is 3. The number of amides is 3. The van der Waals surface area contributed by atoms with Crippen molar-refractivity contribution in [2.75, 3.05) is 6.54 Å². The van der Waals surface area contributed by atoms with Crippen molar-refractivity contribution in [3.8, 4) is 0 Å². The summed E-state index contributed by atoms with van der Waals surface area (Å²) in [5, 5.41) is 27.2. The molecular formula is C26H38N6O7. The largest absolute Gasteiger partial charge is 0.481 e. The Morgan fingerprint density at radius 2 is 1.51 bits per heavy atom. The molecule has 1 heterocycles. The Morgan fingerprint density at radius 3 is 2.13 bits per heavy atom. The van der Waals surface area contributed by atoms with Crippen molar-refractivity contribution >= 4 is 40.6 Å². The lowest BCUT2D eigenvalue weighted by molar-refractivity contribution is -0.143. The monoisotopic (exact) mass is 546 g/mol. The number of carboxylic acid groups (broad SMARTS) is 2. The summed E-state index contributed by atoms with van der Waals surface area (Å²) >= 11 is 0. The molecule has 3 amide bonds. The standard InChI is InChI=1S/C26H38N6O7/c1-14(2)22(28)25(37)31-19(12-21(33)34)24(36)30-18(9-5-6-10-27)23(35)32-20(26(38)39)11-15-13-29-17-8-4-3-7-16(15)17/h3-4,7-8,13-14,18-20,22,29H,5-6,9-12,27-28H2,1-2H3,(H,30,36)(H,31,37)(H,32,35)(H,33,34)(H,38,39). The van der Waals surface area contributed by atoms with E-state index < -0.39 is 60.2 Å². The Kier molecular flexibility index (Phi) is 11.9.